The van der Waals surface area contributed by atoms with Crippen molar-refractivity contribution in [1.29, 1.82) is 0 Å². The van der Waals surface area contributed by atoms with Crippen LogP contribution in [0.2, 0.25) is 0 Å². The number of rotatable bonds is 3. The predicted molar refractivity (Wildman–Crippen MR) is 79.8 cm³/mol. The van der Waals surface area contributed by atoms with E-state index in [2.05, 4.69) is 39.3 Å². The van der Waals surface area contributed by atoms with Gasteiger partial charge in [0, 0.05) is 26.7 Å². The minimum Gasteiger partial charge on any atom is -0.325 e. The molecule has 0 saturated heterocycles. The summed E-state index contributed by atoms with van der Waals surface area (Å²) in [4.78, 5) is 7.13. The first-order valence-electron chi connectivity index (χ1n) is 5.35. The third kappa shape index (κ3) is 3.37. The molecule has 2 N–H and O–H groups in total. The van der Waals surface area contributed by atoms with E-state index < -0.39 is 0 Å². The molecular formula is C12H15BrN2S2. The van der Waals surface area contributed by atoms with E-state index in [-0.39, 0.29) is 5.54 Å². The highest BCUT2D eigenvalue weighted by Gasteiger charge is 2.17. The van der Waals surface area contributed by atoms with Gasteiger partial charge in [-0.05, 0) is 42.8 Å². The molecule has 0 saturated carbocycles. The van der Waals surface area contributed by atoms with E-state index in [1.54, 1.807) is 22.7 Å². The lowest BCUT2D eigenvalue weighted by molar-refractivity contribution is 0.519. The summed E-state index contributed by atoms with van der Waals surface area (Å²) in [5, 5.41) is 3.18. The number of thiophene rings is 1. The Morgan fingerprint density at radius 3 is 2.71 bits per heavy atom. The van der Waals surface area contributed by atoms with Crippen molar-refractivity contribution in [2.75, 3.05) is 0 Å². The summed E-state index contributed by atoms with van der Waals surface area (Å²) in [5.41, 5.74) is 6.99. The molecule has 2 aromatic heterocycles. The number of aryl methyl sites for hydroxylation is 1. The van der Waals surface area contributed by atoms with E-state index in [9.17, 15) is 0 Å². The molecule has 2 rings (SSSR count). The van der Waals surface area contributed by atoms with Gasteiger partial charge in [-0.25, -0.2) is 4.98 Å². The average Bonchev–Trinajstić information content (AvgIpc) is 2.72. The third-order valence-corrected chi connectivity index (χ3v) is 5.30. The molecule has 0 aliphatic carbocycles. The van der Waals surface area contributed by atoms with Crippen molar-refractivity contribution < 1.29 is 0 Å². The van der Waals surface area contributed by atoms with E-state index in [1.165, 1.54) is 9.75 Å². The van der Waals surface area contributed by atoms with Crippen molar-refractivity contribution in [2.24, 2.45) is 5.73 Å². The van der Waals surface area contributed by atoms with Crippen molar-refractivity contribution in [3.63, 3.8) is 0 Å². The van der Waals surface area contributed by atoms with Crippen LogP contribution in [0.25, 0.3) is 9.88 Å². The summed E-state index contributed by atoms with van der Waals surface area (Å²) >= 11 is 6.93. The number of halogens is 1. The van der Waals surface area contributed by atoms with Crippen LogP contribution in [0, 0.1) is 6.92 Å². The maximum absolute atomic E-state index is 6.06. The summed E-state index contributed by atoms with van der Waals surface area (Å²) in [7, 11) is 0. The Labute approximate surface area is 118 Å². The van der Waals surface area contributed by atoms with Crippen molar-refractivity contribution in [3.05, 3.63) is 26.5 Å². The van der Waals surface area contributed by atoms with Gasteiger partial charge >= 0.3 is 0 Å². The van der Waals surface area contributed by atoms with Gasteiger partial charge in [-0.15, -0.1) is 22.7 Å². The second-order valence-electron chi connectivity index (χ2n) is 4.82. The van der Waals surface area contributed by atoms with Gasteiger partial charge in [0.25, 0.3) is 0 Å². The first-order chi connectivity index (χ1) is 7.85. The predicted octanol–water partition coefficient (Wildman–Crippen LogP) is 4.22. The Morgan fingerprint density at radius 2 is 2.18 bits per heavy atom. The topological polar surface area (TPSA) is 38.9 Å². The molecule has 17 heavy (non-hydrogen) atoms. The van der Waals surface area contributed by atoms with Crippen LogP contribution in [0.4, 0.5) is 0 Å². The summed E-state index contributed by atoms with van der Waals surface area (Å²) in [6.45, 7) is 6.16. The Kier molecular flexibility index (Phi) is 3.73. The number of hydrogen-bond acceptors (Lipinski definition) is 4. The van der Waals surface area contributed by atoms with E-state index in [0.29, 0.717) is 0 Å². The smallest absolute Gasteiger partial charge is 0.133 e. The Balaban J connectivity index is 2.30. The molecule has 0 unspecified atom stereocenters. The highest BCUT2D eigenvalue weighted by Crippen LogP contribution is 2.35. The van der Waals surface area contributed by atoms with Crippen LogP contribution < -0.4 is 5.73 Å². The molecule has 0 radical (unpaired) electrons. The van der Waals surface area contributed by atoms with Crippen molar-refractivity contribution in [3.8, 4) is 9.88 Å². The number of nitrogens with zero attached hydrogens (tertiary/aromatic N) is 1. The highest BCUT2D eigenvalue weighted by molar-refractivity contribution is 9.10. The average molecular weight is 331 g/mol. The minimum atomic E-state index is -0.176. The van der Waals surface area contributed by atoms with Crippen LogP contribution >= 0.6 is 38.6 Å². The van der Waals surface area contributed by atoms with Crippen LogP contribution in [-0.2, 0) is 6.42 Å². The number of hydrogen-bond donors (Lipinski definition) is 1. The monoisotopic (exact) mass is 330 g/mol. The normalized spacial score (nSPS) is 12.1. The molecule has 0 aliphatic heterocycles. The lowest BCUT2D eigenvalue weighted by Crippen LogP contribution is -2.34. The van der Waals surface area contributed by atoms with Gasteiger partial charge in [0.2, 0.25) is 0 Å². The fraction of sp³-hybridized carbons (Fsp3) is 0.417. The van der Waals surface area contributed by atoms with E-state index in [1.807, 2.05) is 13.8 Å². The number of aromatic nitrogens is 1. The molecule has 0 aromatic carbocycles. The molecular weight excluding hydrogens is 316 g/mol. The fourth-order valence-corrected chi connectivity index (χ4v) is 4.33. The van der Waals surface area contributed by atoms with Gasteiger partial charge < -0.3 is 5.73 Å². The molecule has 0 spiro atoms. The minimum absolute atomic E-state index is 0.176. The maximum atomic E-state index is 6.06. The van der Waals surface area contributed by atoms with Crippen LogP contribution in [0.15, 0.2) is 15.9 Å². The second kappa shape index (κ2) is 4.80. The maximum Gasteiger partial charge on any atom is 0.133 e. The largest absolute Gasteiger partial charge is 0.325 e. The van der Waals surface area contributed by atoms with Crippen LogP contribution in [0.3, 0.4) is 0 Å². The van der Waals surface area contributed by atoms with E-state index in [0.717, 1.165) is 21.6 Å². The first-order valence-corrected chi connectivity index (χ1v) is 7.84. The zero-order chi connectivity index (χ0) is 12.6. The molecule has 2 heterocycles. The summed E-state index contributed by atoms with van der Waals surface area (Å²) in [6, 6.07) is 2.11. The molecule has 0 fully saturated rings. The van der Waals surface area contributed by atoms with Gasteiger partial charge in [0.1, 0.15) is 5.01 Å². The highest BCUT2D eigenvalue weighted by atomic mass is 79.9. The molecule has 0 amide bonds. The summed E-state index contributed by atoms with van der Waals surface area (Å²) in [6.07, 6.45) is 0.878. The molecule has 2 aromatic rings. The summed E-state index contributed by atoms with van der Waals surface area (Å²) < 4.78 is 1.12. The van der Waals surface area contributed by atoms with Crippen LogP contribution in [-0.4, -0.2) is 10.5 Å². The van der Waals surface area contributed by atoms with Crippen molar-refractivity contribution in [2.45, 2.75) is 32.7 Å². The van der Waals surface area contributed by atoms with Gasteiger partial charge in [-0.1, -0.05) is 0 Å². The van der Waals surface area contributed by atoms with Crippen molar-refractivity contribution in [1.82, 2.24) is 4.98 Å². The van der Waals surface area contributed by atoms with Crippen LogP contribution in [0.1, 0.15) is 24.4 Å². The zero-order valence-corrected chi connectivity index (χ0v) is 13.3. The Morgan fingerprint density at radius 1 is 1.47 bits per heavy atom. The molecule has 5 heteroatoms. The fourth-order valence-electron chi connectivity index (χ4n) is 1.54. The second-order valence-corrected chi connectivity index (χ2v) is 7.73. The lowest BCUT2D eigenvalue weighted by Gasteiger charge is -2.16. The number of nitrogens with two attached hydrogens (primary N) is 1. The molecule has 2 nitrogen and oxygen atoms in total. The van der Waals surface area contributed by atoms with Crippen LogP contribution in [0.5, 0.6) is 0 Å². The van der Waals surface area contributed by atoms with Gasteiger partial charge in [-0.3, -0.25) is 0 Å². The SMILES string of the molecule is Cc1nc(-c2cc(Br)cs2)sc1CC(C)(C)N. The lowest BCUT2D eigenvalue weighted by atomic mass is 10.0. The van der Waals surface area contributed by atoms with E-state index in [4.69, 9.17) is 5.73 Å². The number of thiazole rings is 1. The Hall–Kier alpha value is -0.230. The molecule has 92 valence electrons. The van der Waals surface area contributed by atoms with Crippen molar-refractivity contribution >= 4 is 38.6 Å². The van der Waals surface area contributed by atoms with Gasteiger partial charge in [0.15, 0.2) is 0 Å². The zero-order valence-electron chi connectivity index (χ0n) is 10.1. The third-order valence-electron chi connectivity index (χ3n) is 2.29. The Bertz CT molecular complexity index is 523. The van der Waals surface area contributed by atoms with Gasteiger partial charge in [-0.2, -0.15) is 0 Å². The first kappa shape index (κ1) is 13.2. The quantitative estimate of drug-likeness (QED) is 0.914. The molecule has 0 bridgehead atoms. The molecule has 0 aliphatic rings. The van der Waals surface area contributed by atoms with E-state index >= 15 is 0 Å². The summed E-state index contributed by atoms with van der Waals surface area (Å²) in [5.74, 6) is 0. The standard InChI is InChI=1S/C12H15BrN2S2/c1-7-10(5-12(2,3)14)17-11(15-7)9-4-8(13)6-16-9/h4,6H,5,14H2,1-3H3. The molecule has 0 atom stereocenters. The van der Waals surface area contributed by atoms with Gasteiger partial charge in [0.05, 0.1) is 10.6 Å².